The predicted molar refractivity (Wildman–Crippen MR) is 115 cm³/mol. The number of rotatable bonds is 7. The van der Waals surface area contributed by atoms with Gasteiger partial charge in [-0.3, -0.25) is 4.79 Å². The summed E-state index contributed by atoms with van der Waals surface area (Å²) in [5.74, 6) is 0.877. The van der Waals surface area contributed by atoms with E-state index in [1.165, 1.54) is 22.9 Å². The van der Waals surface area contributed by atoms with E-state index in [2.05, 4.69) is 24.1 Å². The molecule has 0 spiro atoms. The topological polar surface area (TPSA) is 69.7 Å². The standard InChI is InChI=1S/C22H34FN3O3S/c1-17-14-18(2)16-25(15-17)11-3-10-24-22(27)19-8-12-26(13-9-19)30(28,29)21-6-4-20(23)5-7-21/h4-7,17-19H,3,8-16H2,1-2H3,(H,24,27). The van der Waals surface area contributed by atoms with Crippen molar-refractivity contribution < 1.29 is 17.6 Å². The molecule has 0 aliphatic carbocycles. The van der Waals surface area contributed by atoms with Crippen LogP contribution < -0.4 is 5.32 Å². The van der Waals surface area contributed by atoms with E-state index in [1.54, 1.807) is 0 Å². The van der Waals surface area contributed by atoms with E-state index in [0.29, 0.717) is 32.5 Å². The second kappa shape index (κ2) is 10.2. The average molecular weight is 440 g/mol. The van der Waals surface area contributed by atoms with Gasteiger partial charge < -0.3 is 10.2 Å². The van der Waals surface area contributed by atoms with Crippen molar-refractivity contribution in [1.82, 2.24) is 14.5 Å². The monoisotopic (exact) mass is 439 g/mol. The minimum absolute atomic E-state index is 0.0224. The highest BCUT2D eigenvalue weighted by Crippen LogP contribution is 2.24. The van der Waals surface area contributed by atoms with E-state index in [-0.39, 0.29) is 16.7 Å². The largest absolute Gasteiger partial charge is 0.356 e. The van der Waals surface area contributed by atoms with Crippen LogP contribution in [0.5, 0.6) is 0 Å². The predicted octanol–water partition coefficient (Wildman–Crippen LogP) is 2.71. The van der Waals surface area contributed by atoms with Crippen molar-refractivity contribution in [3.05, 3.63) is 30.1 Å². The van der Waals surface area contributed by atoms with Crippen molar-refractivity contribution in [2.75, 3.05) is 39.3 Å². The maximum Gasteiger partial charge on any atom is 0.243 e. The smallest absolute Gasteiger partial charge is 0.243 e. The van der Waals surface area contributed by atoms with Gasteiger partial charge in [0.05, 0.1) is 4.90 Å². The van der Waals surface area contributed by atoms with Crippen molar-refractivity contribution in [2.24, 2.45) is 17.8 Å². The Morgan fingerprint density at radius 3 is 2.30 bits per heavy atom. The van der Waals surface area contributed by atoms with Crippen molar-refractivity contribution in [3.8, 4) is 0 Å². The molecule has 0 radical (unpaired) electrons. The number of piperidine rings is 2. The second-order valence-corrected chi connectivity index (χ2v) is 10.9. The quantitative estimate of drug-likeness (QED) is 0.664. The average Bonchev–Trinajstić information content (AvgIpc) is 2.71. The first kappa shape index (κ1) is 23.2. The molecule has 1 aromatic carbocycles. The number of hydrogen-bond acceptors (Lipinski definition) is 4. The minimum atomic E-state index is -3.64. The summed E-state index contributed by atoms with van der Waals surface area (Å²) >= 11 is 0. The third-order valence-electron chi connectivity index (χ3n) is 6.17. The number of benzene rings is 1. The molecule has 2 aliphatic rings. The molecule has 6 nitrogen and oxygen atoms in total. The van der Waals surface area contributed by atoms with Crippen molar-refractivity contribution in [1.29, 1.82) is 0 Å². The maximum atomic E-state index is 13.1. The molecule has 0 saturated carbocycles. The molecular formula is C22H34FN3O3S. The highest BCUT2D eigenvalue weighted by Gasteiger charge is 2.32. The number of likely N-dealkylation sites (tertiary alicyclic amines) is 1. The number of halogens is 1. The van der Waals surface area contributed by atoms with Crippen molar-refractivity contribution in [3.63, 3.8) is 0 Å². The Hall–Kier alpha value is -1.51. The lowest BCUT2D eigenvalue weighted by Crippen LogP contribution is -2.43. The SMILES string of the molecule is CC1CC(C)CN(CCCNC(=O)C2CCN(S(=O)(=O)c3ccc(F)cc3)CC2)C1. The van der Waals surface area contributed by atoms with E-state index in [4.69, 9.17) is 0 Å². The molecule has 0 aromatic heterocycles. The molecule has 2 atom stereocenters. The molecule has 1 aromatic rings. The Morgan fingerprint density at radius 1 is 1.10 bits per heavy atom. The Bertz CT molecular complexity index is 797. The van der Waals surface area contributed by atoms with Crippen LogP contribution in [0.1, 0.15) is 39.5 Å². The summed E-state index contributed by atoms with van der Waals surface area (Å²) in [6.45, 7) is 9.15. The summed E-state index contributed by atoms with van der Waals surface area (Å²) in [6, 6.07) is 4.87. The molecule has 1 N–H and O–H groups in total. The van der Waals surface area contributed by atoms with Crippen molar-refractivity contribution in [2.45, 2.75) is 44.4 Å². The summed E-state index contributed by atoms with van der Waals surface area (Å²) in [4.78, 5) is 15.1. The summed E-state index contributed by atoms with van der Waals surface area (Å²) in [7, 11) is -3.64. The van der Waals surface area contributed by atoms with Gasteiger partial charge in [-0.1, -0.05) is 13.8 Å². The van der Waals surface area contributed by atoms with Crippen LogP contribution in [0.25, 0.3) is 0 Å². The lowest BCUT2D eigenvalue weighted by Gasteiger charge is -2.35. The lowest BCUT2D eigenvalue weighted by atomic mass is 9.92. The molecule has 0 bridgehead atoms. The number of amides is 1. The molecule has 2 fully saturated rings. The zero-order valence-electron chi connectivity index (χ0n) is 18.0. The van der Waals surface area contributed by atoms with Crippen LogP contribution in [0, 0.1) is 23.6 Å². The third kappa shape index (κ3) is 6.02. The van der Waals surface area contributed by atoms with Gasteiger partial charge >= 0.3 is 0 Å². The summed E-state index contributed by atoms with van der Waals surface area (Å²) in [6.07, 6.45) is 3.24. The van der Waals surface area contributed by atoms with Gasteiger partial charge in [0.2, 0.25) is 15.9 Å². The molecule has 1 amide bonds. The first-order valence-corrected chi connectivity index (χ1v) is 12.5. The normalized spacial score (nSPS) is 24.6. The van der Waals surface area contributed by atoms with E-state index in [9.17, 15) is 17.6 Å². The van der Waals surface area contributed by atoms with Gasteiger partial charge in [-0.15, -0.1) is 0 Å². The van der Waals surface area contributed by atoms with Gasteiger partial charge in [-0.25, -0.2) is 12.8 Å². The van der Waals surface area contributed by atoms with Gasteiger partial charge in [-0.2, -0.15) is 4.31 Å². The fraction of sp³-hybridized carbons (Fsp3) is 0.682. The van der Waals surface area contributed by atoms with Crippen LogP contribution in [0.3, 0.4) is 0 Å². The van der Waals surface area contributed by atoms with Gasteiger partial charge in [0.15, 0.2) is 0 Å². The van der Waals surface area contributed by atoms with Crippen LogP contribution in [-0.2, 0) is 14.8 Å². The molecule has 2 heterocycles. The molecule has 2 aliphatic heterocycles. The third-order valence-corrected chi connectivity index (χ3v) is 8.08. The van der Waals surface area contributed by atoms with Crippen LogP contribution >= 0.6 is 0 Å². The van der Waals surface area contributed by atoms with E-state index < -0.39 is 15.8 Å². The molecule has 3 rings (SSSR count). The zero-order valence-corrected chi connectivity index (χ0v) is 18.8. The zero-order chi connectivity index (χ0) is 21.7. The molecule has 168 valence electrons. The van der Waals surface area contributed by atoms with Gasteiger partial charge in [-0.05, 0) is 68.3 Å². The molecule has 8 heteroatoms. The molecule has 2 saturated heterocycles. The molecule has 2 unspecified atom stereocenters. The number of carbonyl (C=O) groups is 1. The Morgan fingerprint density at radius 2 is 1.70 bits per heavy atom. The van der Waals surface area contributed by atoms with E-state index in [1.807, 2.05) is 0 Å². The molecule has 30 heavy (non-hydrogen) atoms. The van der Waals surface area contributed by atoms with Crippen molar-refractivity contribution >= 4 is 15.9 Å². The highest BCUT2D eigenvalue weighted by atomic mass is 32.2. The Kier molecular flexibility index (Phi) is 7.87. The van der Waals surface area contributed by atoms with Crippen LogP contribution in [0.4, 0.5) is 4.39 Å². The Labute approximate surface area is 179 Å². The number of sulfonamides is 1. The number of nitrogens with zero attached hydrogens (tertiary/aromatic N) is 2. The first-order valence-electron chi connectivity index (χ1n) is 11.0. The number of carbonyl (C=O) groups excluding carboxylic acids is 1. The van der Waals surface area contributed by atoms with Gasteiger partial charge in [0.1, 0.15) is 5.82 Å². The number of hydrogen-bond donors (Lipinski definition) is 1. The first-order chi connectivity index (χ1) is 14.3. The number of nitrogens with one attached hydrogen (secondary N) is 1. The summed E-state index contributed by atoms with van der Waals surface area (Å²) in [5, 5.41) is 3.03. The van der Waals surface area contributed by atoms with E-state index in [0.717, 1.165) is 50.0 Å². The van der Waals surface area contributed by atoms with Crippen LogP contribution in [0.2, 0.25) is 0 Å². The van der Waals surface area contributed by atoms with Crippen LogP contribution in [0.15, 0.2) is 29.2 Å². The fourth-order valence-electron chi connectivity index (χ4n) is 4.75. The summed E-state index contributed by atoms with van der Waals surface area (Å²) in [5.41, 5.74) is 0. The van der Waals surface area contributed by atoms with E-state index >= 15 is 0 Å². The minimum Gasteiger partial charge on any atom is -0.356 e. The summed E-state index contributed by atoms with van der Waals surface area (Å²) < 4.78 is 39.8. The fourth-order valence-corrected chi connectivity index (χ4v) is 6.22. The Balaban J connectivity index is 1.39. The van der Waals surface area contributed by atoms with Gasteiger partial charge in [0, 0.05) is 38.6 Å². The molecular weight excluding hydrogens is 405 g/mol. The second-order valence-electron chi connectivity index (χ2n) is 8.98. The maximum absolute atomic E-state index is 13.1. The lowest BCUT2D eigenvalue weighted by molar-refractivity contribution is -0.126. The highest BCUT2D eigenvalue weighted by molar-refractivity contribution is 7.89. The van der Waals surface area contributed by atoms with Gasteiger partial charge in [0.25, 0.3) is 0 Å². The van der Waals surface area contributed by atoms with Crippen LogP contribution in [-0.4, -0.2) is 62.8 Å².